The summed E-state index contributed by atoms with van der Waals surface area (Å²) in [7, 11) is 0. The van der Waals surface area contributed by atoms with E-state index in [0.717, 1.165) is 16.3 Å². The largest absolute Gasteiger partial charge is 0.392 e. The van der Waals surface area contributed by atoms with Crippen molar-refractivity contribution in [2.45, 2.75) is 19.1 Å². The van der Waals surface area contributed by atoms with Gasteiger partial charge in [-0.15, -0.1) is 0 Å². The standard InChI is InChI=1S/C15H19NO2/c1-11(17)9-16-10-15(18)14-8-4-6-12-5-2-3-7-13(12)14/h2-8,11,15-18H,9-10H2,1H3/t11-,15-/m1/s1. The Morgan fingerprint density at radius 2 is 1.72 bits per heavy atom. The van der Waals surface area contributed by atoms with Crippen LogP contribution in [0.4, 0.5) is 0 Å². The normalized spacial score (nSPS) is 14.6. The Morgan fingerprint density at radius 1 is 1.00 bits per heavy atom. The van der Waals surface area contributed by atoms with Crippen LogP contribution in [0.3, 0.4) is 0 Å². The van der Waals surface area contributed by atoms with Crippen molar-refractivity contribution >= 4 is 10.8 Å². The molecule has 96 valence electrons. The highest BCUT2D eigenvalue weighted by Gasteiger charge is 2.10. The lowest BCUT2D eigenvalue weighted by Gasteiger charge is -2.15. The molecule has 0 aliphatic carbocycles. The van der Waals surface area contributed by atoms with Crippen LogP contribution in [0.1, 0.15) is 18.6 Å². The zero-order valence-corrected chi connectivity index (χ0v) is 10.5. The quantitative estimate of drug-likeness (QED) is 0.753. The highest BCUT2D eigenvalue weighted by molar-refractivity contribution is 5.85. The van der Waals surface area contributed by atoms with Gasteiger partial charge in [-0.05, 0) is 23.3 Å². The number of aliphatic hydroxyl groups is 2. The van der Waals surface area contributed by atoms with Crippen LogP contribution in [0.5, 0.6) is 0 Å². The van der Waals surface area contributed by atoms with E-state index in [1.807, 2.05) is 42.5 Å². The van der Waals surface area contributed by atoms with Crippen molar-refractivity contribution in [2.24, 2.45) is 0 Å². The molecule has 3 N–H and O–H groups in total. The lowest BCUT2D eigenvalue weighted by atomic mass is 10.0. The van der Waals surface area contributed by atoms with Gasteiger partial charge in [0.05, 0.1) is 12.2 Å². The van der Waals surface area contributed by atoms with E-state index in [4.69, 9.17) is 5.11 Å². The summed E-state index contributed by atoms with van der Waals surface area (Å²) >= 11 is 0. The molecule has 2 rings (SSSR count). The first-order chi connectivity index (χ1) is 8.68. The predicted molar refractivity (Wildman–Crippen MR) is 73.5 cm³/mol. The van der Waals surface area contributed by atoms with Gasteiger partial charge in [0, 0.05) is 13.1 Å². The molecule has 0 aliphatic rings. The molecule has 0 saturated carbocycles. The van der Waals surface area contributed by atoms with Crippen LogP contribution >= 0.6 is 0 Å². The summed E-state index contributed by atoms with van der Waals surface area (Å²) in [4.78, 5) is 0. The minimum Gasteiger partial charge on any atom is -0.392 e. The minimum absolute atomic E-state index is 0.398. The zero-order chi connectivity index (χ0) is 13.0. The fourth-order valence-electron chi connectivity index (χ4n) is 2.08. The van der Waals surface area contributed by atoms with E-state index in [1.54, 1.807) is 6.92 Å². The van der Waals surface area contributed by atoms with Crippen LogP contribution in [0.25, 0.3) is 10.8 Å². The molecule has 0 fully saturated rings. The van der Waals surface area contributed by atoms with E-state index in [2.05, 4.69) is 5.32 Å². The van der Waals surface area contributed by atoms with Crippen molar-refractivity contribution in [3.63, 3.8) is 0 Å². The van der Waals surface area contributed by atoms with Crippen LogP contribution in [0, 0.1) is 0 Å². The Hall–Kier alpha value is -1.42. The third-order valence-electron chi connectivity index (χ3n) is 2.96. The van der Waals surface area contributed by atoms with Gasteiger partial charge in [-0.25, -0.2) is 0 Å². The maximum atomic E-state index is 10.2. The molecular weight excluding hydrogens is 226 g/mol. The van der Waals surface area contributed by atoms with Gasteiger partial charge in [0.15, 0.2) is 0 Å². The molecular formula is C15H19NO2. The molecule has 0 saturated heterocycles. The van der Waals surface area contributed by atoms with Crippen LogP contribution in [-0.4, -0.2) is 29.4 Å². The first kappa shape index (κ1) is 13.0. The molecule has 0 spiro atoms. The van der Waals surface area contributed by atoms with Crippen molar-refractivity contribution in [1.29, 1.82) is 0 Å². The fraction of sp³-hybridized carbons (Fsp3) is 0.333. The third-order valence-corrected chi connectivity index (χ3v) is 2.96. The van der Waals surface area contributed by atoms with Gasteiger partial charge >= 0.3 is 0 Å². The summed E-state index contributed by atoms with van der Waals surface area (Å²) in [5.74, 6) is 0. The molecule has 3 heteroatoms. The summed E-state index contributed by atoms with van der Waals surface area (Å²) in [5.41, 5.74) is 0.922. The van der Waals surface area contributed by atoms with E-state index in [0.29, 0.717) is 13.1 Å². The molecule has 0 aliphatic heterocycles. The van der Waals surface area contributed by atoms with E-state index in [1.165, 1.54) is 0 Å². The second-order valence-electron chi connectivity index (χ2n) is 4.59. The highest BCUT2D eigenvalue weighted by atomic mass is 16.3. The first-order valence-corrected chi connectivity index (χ1v) is 6.23. The maximum absolute atomic E-state index is 10.2. The van der Waals surface area contributed by atoms with Crippen molar-refractivity contribution < 1.29 is 10.2 Å². The molecule has 0 unspecified atom stereocenters. The second-order valence-corrected chi connectivity index (χ2v) is 4.59. The molecule has 18 heavy (non-hydrogen) atoms. The zero-order valence-electron chi connectivity index (χ0n) is 10.5. The first-order valence-electron chi connectivity index (χ1n) is 6.23. The Labute approximate surface area is 107 Å². The van der Waals surface area contributed by atoms with Crippen molar-refractivity contribution in [1.82, 2.24) is 5.32 Å². The van der Waals surface area contributed by atoms with E-state index in [-0.39, 0.29) is 0 Å². The van der Waals surface area contributed by atoms with Crippen LogP contribution in [0.2, 0.25) is 0 Å². The van der Waals surface area contributed by atoms with Crippen molar-refractivity contribution in [2.75, 3.05) is 13.1 Å². The highest BCUT2D eigenvalue weighted by Crippen LogP contribution is 2.23. The topological polar surface area (TPSA) is 52.5 Å². The number of benzene rings is 2. The number of hydrogen-bond donors (Lipinski definition) is 3. The van der Waals surface area contributed by atoms with Crippen LogP contribution in [-0.2, 0) is 0 Å². The van der Waals surface area contributed by atoms with Gasteiger partial charge in [0.2, 0.25) is 0 Å². The number of fused-ring (bicyclic) bond motifs is 1. The Kier molecular flexibility index (Phi) is 4.31. The van der Waals surface area contributed by atoms with Gasteiger partial charge in [-0.2, -0.15) is 0 Å². The summed E-state index contributed by atoms with van der Waals surface area (Å²) in [5, 5.41) is 24.6. The molecule has 0 heterocycles. The van der Waals surface area contributed by atoms with E-state index in [9.17, 15) is 5.11 Å². The van der Waals surface area contributed by atoms with Crippen LogP contribution in [0.15, 0.2) is 42.5 Å². The van der Waals surface area contributed by atoms with Gasteiger partial charge in [0.25, 0.3) is 0 Å². The van der Waals surface area contributed by atoms with E-state index >= 15 is 0 Å². The van der Waals surface area contributed by atoms with Gasteiger partial charge < -0.3 is 15.5 Å². The van der Waals surface area contributed by atoms with Crippen molar-refractivity contribution in [3.05, 3.63) is 48.0 Å². The Morgan fingerprint density at radius 3 is 2.50 bits per heavy atom. The van der Waals surface area contributed by atoms with Crippen LogP contribution < -0.4 is 5.32 Å². The molecule has 2 aromatic carbocycles. The molecule has 0 bridgehead atoms. The number of hydrogen-bond acceptors (Lipinski definition) is 3. The molecule has 2 aromatic rings. The average molecular weight is 245 g/mol. The van der Waals surface area contributed by atoms with Gasteiger partial charge in [-0.1, -0.05) is 42.5 Å². The fourth-order valence-corrected chi connectivity index (χ4v) is 2.08. The smallest absolute Gasteiger partial charge is 0.0920 e. The summed E-state index contributed by atoms with van der Waals surface area (Å²) in [6.45, 7) is 2.65. The van der Waals surface area contributed by atoms with E-state index < -0.39 is 12.2 Å². The van der Waals surface area contributed by atoms with Gasteiger partial charge in [0.1, 0.15) is 0 Å². The Bertz CT molecular complexity index is 505. The Balaban J connectivity index is 2.15. The third kappa shape index (κ3) is 3.07. The summed E-state index contributed by atoms with van der Waals surface area (Å²) in [6.07, 6.45) is -0.959. The van der Waals surface area contributed by atoms with Crippen molar-refractivity contribution in [3.8, 4) is 0 Å². The number of nitrogens with one attached hydrogen (secondary N) is 1. The lowest BCUT2D eigenvalue weighted by molar-refractivity contribution is 0.156. The summed E-state index contributed by atoms with van der Waals surface area (Å²) in [6, 6.07) is 13.9. The van der Waals surface area contributed by atoms with Gasteiger partial charge in [-0.3, -0.25) is 0 Å². The maximum Gasteiger partial charge on any atom is 0.0920 e. The minimum atomic E-state index is -0.560. The molecule has 0 aromatic heterocycles. The molecule has 0 amide bonds. The molecule has 2 atom stereocenters. The SMILES string of the molecule is C[C@@H](O)CNC[C@@H](O)c1cccc2ccccc12. The average Bonchev–Trinajstić information content (AvgIpc) is 2.37. The lowest BCUT2D eigenvalue weighted by Crippen LogP contribution is -2.28. The summed E-state index contributed by atoms with van der Waals surface area (Å²) < 4.78 is 0. The number of aliphatic hydroxyl groups excluding tert-OH is 2. The predicted octanol–water partition coefficient (Wildman–Crippen LogP) is 1.84. The number of rotatable bonds is 5. The monoisotopic (exact) mass is 245 g/mol. The molecule has 3 nitrogen and oxygen atoms in total. The molecule has 0 radical (unpaired) electrons. The second kappa shape index (κ2) is 5.96.